The van der Waals surface area contributed by atoms with E-state index in [1.165, 1.54) is 26.4 Å². The molecule has 7 nitrogen and oxygen atoms in total. The van der Waals surface area contributed by atoms with Crippen LogP contribution < -0.4 is 9.47 Å². The van der Waals surface area contributed by atoms with Crippen LogP contribution in [0.25, 0.3) is 10.9 Å². The van der Waals surface area contributed by atoms with Crippen LogP contribution in [0.2, 0.25) is 5.02 Å². The fourth-order valence-electron chi connectivity index (χ4n) is 2.43. The van der Waals surface area contributed by atoms with Crippen LogP contribution in [0.15, 0.2) is 47.8 Å². The molecule has 0 aliphatic heterocycles. The molecule has 0 N–H and O–H groups in total. The number of ether oxygens (including phenoxy) is 3. The van der Waals surface area contributed by atoms with Crippen molar-refractivity contribution in [1.29, 1.82) is 0 Å². The molecule has 0 unspecified atom stereocenters. The molecule has 0 saturated carbocycles. The molecule has 0 bridgehead atoms. The van der Waals surface area contributed by atoms with Gasteiger partial charge in [0.2, 0.25) is 0 Å². The normalized spacial score (nSPS) is 10.4. The van der Waals surface area contributed by atoms with Crippen LogP contribution in [0.5, 0.6) is 17.2 Å². The number of esters is 1. The summed E-state index contributed by atoms with van der Waals surface area (Å²) in [6.45, 7) is 0. The molecule has 0 fully saturated rings. The van der Waals surface area contributed by atoms with Gasteiger partial charge in [-0.3, -0.25) is 4.98 Å². The van der Waals surface area contributed by atoms with Crippen LogP contribution in [-0.4, -0.2) is 25.2 Å². The maximum absolute atomic E-state index is 12.0. The molecule has 3 rings (SSSR count). The minimum Gasteiger partial charge on any atom is -0.496 e. The summed E-state index contributed by atoms with van der Waals surface area (Å²) in [5.41, 5.74) is 0.876. The average Bonchev–Trinajstić information content (AvgIpc) is 2.68. The van der Waals surface area contributed by atoms with Crippen molar-refractivity contribution in [1.82, 2.24) is 4.98 Å². The van der Waals surface area contributed by atoms with Crippen molar-refractivity contribution in [3.8, 4) is 17.2 Å². The lowest BCUT2D eigenvalue weighted by molar-refractivity contribution is 0.0597. The zero-order valence-corrected chi connectivity index (χ0v) is 14.6. The Labute approximate surface area is 153 Å². The Bertz CT molecular complexity index is 1010. The molecule has 26 heavy (non-hydrogen) atoms. The summed E-state index contributed by atoms with van der Waals surface area (Å²) in [4.78, 5) is 27.1. The van der Waals surface area contributed by atoms with Crippen molar-refractivity contribution in [3.05, 3.63) is 58.1 Å². The Morgan fingerprint density at radius 2 is 1.92 bits per heavy atom. The zero-order chi connectivity index (χ0) is 18.7. The topological polar surface area (TPSA) is 87.1 Å². The van der Waals surface area contributed by atoms with Crippen LogP contribution in [0.4, 0.5) is 5.69 Å². The minimum atomic E-state index is -0.544. The van der Waals surface area contributed by atoms with Crippen molar-refractivity contribution >= 4 is 34.2 Å². The number of methoxy groups -OCH3 is 2. The molecular formula is C18H13ClN2O5. The number of carbonyl (C=O) groups is 1. The quantitative estimate of drug-likeness (QED) is 0.469. The van der Waals surface area contributed by atoms with Crippen molar-refractivity contribution in [2.45, 2.75) is 0 Å². The molecule has 0 aliphatic carbocycles. The fraction of sp³-hybridized carbons (Fsp3) is 0.111. The van der Waals surface area contributed by atoms with Gasteiger partial charge in [0, 0.05) is 23.7 Å². The number of hydrogen-bond donors (Lipinski definition) is 0. The van der Waals surface area contributed by atoms with Crippen molar-refractivity contribution in [2.24, 2.45) is 5.18 Å². The van der Waals surface area contributed by atoms with Gasteiger partial charge in [0.25, 0.3) is 0 Å². The third-order valence-corrected chi connectivity index (χ3v) is 3.99. The summed E-state index contributed by atoms with van der Waals surface area (Å²) in [5.74, 6) is 0.597. The average molecular weight is 373 g/mol. The van der Waals surface area contributed by atoms with Crippen molar-refractivity contribution in [2.75, 3.05) is 14.2 Å². The maximum atomic E-state index is 12.0. The third kappa shape index (κ3) is 3.29. The Kier molecular flexibility index (Phi) is 4.99. The van der Waals surface area contributed by atoms with Gasteiger partial charge < -0.3 is 14.2 Å². The predicted octanol–water partition coefficient (Wildman–Crippen LogP) is 4.87. The van der Waals surface area contributed by atoms with Crippen LogP contribution >= 0.6 is 11.6 Å². The van der Waals surface area contributed by atoms with E-state index in [1.54, 1.807) is 30.5 Å². The number of benzene rings is 2. The van der Waals surface area contributed by atoms with E-state index >= 15 is 0 Å². The van der Waals surface area contributed by atoms with Gasteiger partial charge in [-0.1, -0.05) is 11.6 Å². The highest BCUT2D eigenvalue weighted by molar-refractivity contribution is 6.33. The van der Waals surface area contributed by atoms with Gasteiger partial charge in [0.15, 0.2) is 0 Å². The van der Waals surface area contributed by atoms with Gasteiger partial charge >= 0.3 is 5.97 Å². The molecule has 1 aromatic heterocycles. The fourth-order valence-corrected chi connectivity index (χ4v) is 2.58. The van der Waals surface area contributed by atoms with Crippen molar-refractivity contribution in [3.63, 3.8) is 0 Å². The number of pyridine rings is 1. The highest BCUT2D eigenvalue weighted by atomic mass is 35.5. The number of fused-ring (bicyclic) bond motifs is 1. The molecule has 1 heterocycles. The lowest BCUT2D eigenvalue weighted by Gasteiger charge is -2.12. The molecule has 132 valence electrons. The largest absolute Gasteiger partial charge is 0.496 e. The number of nitroso groups, excluding NO2 is 1. The molecule has 8 heteroatoms. The zero-order valence-electron chi connectivity index (χ0n) is 13.9. The summed E-state index contributed by atoms with van der Waals surface area (Å²) in [6.07, 6.45) is 1.56. The van der Waals surface area contributed by atoms with E-state index < -0.39 is 5.97 Å². The molecule has 3 aromatic rings. The van der Waals surface area contributed by atoms with E-state index in [-0.39, 0.29) is 16.3 Å². The van der Waals surface area contributed by atoms with Gasteiger partial charge in [0.05, 0.1) is 24.8 Å². The van der Waals surface area contributed by atoms with E-state index in [9.17, 15) is 9.70 Å². The van der Waals surface area contributed by atoms with E-state index in [4.69, 9.17) is 25.8 Å². The molecular weight excluding hydrogens is 360 g/mol. The first-order valence-corrected chi connectivity index (χ1v) is 7.81. The highest BCUT2D eigenvalue weighted by Gasteiger charge is 2.17. The van der Waals surface area contributed by atoms with Gasteiger partial charge in [-0.15, -0.1) is 4.91 Å². The maximum Gasteiger partial charge on any atom is 0.341 e. The molecule has 0 spiro atoms. The Morgan fingerprint density at radius 1 is 1.12 bits per heavy atom. The second-order valence-corrected chi connectivity index (χ2v) is 5.58. The van der Waals surface area contributed by atoms with Gasteiger partial charge in [-0.2, -0.15) is 0 Å². The van der Waals surface area contributed by atoms with Gasteiger partial charge in [-0.05, 0) is 29.4 Å². The summed E-state index contributed by atoms with van der Waals surface area (Å²) < 4.78 is 15.9. The number of nitrogens with zero attached hydrogens (tertiary/aromatic N) is 2. The minimum absolute atomic E-state index is 0.0689. The summed E-state index contributed by atoms with van der Waals surface area (Å²) >= 11 is 5.87. The molecule has 0 saturated heterocycles. The second kappa shape index (κ2) is 7.37. The summed E-state index contributed by atoms with van der Waals surface area (Å²) in [5, 5.41) is 3.65. The van der Waals surface area contributed by atoms with Crippen molar-refractivity contribution < 1.29 is 19.0 Å². The summed E-state index contributed by atoms with van der Waals surface area (Å²) in [6, 6.07) is 9.38. The number of carbonyl (C=O) groups excluding carboxylic acids is 1. The SMILES string of the molecule is COC(=O)c1cc2c(Oc3ccc(Cl)c(N=O)c3)ccnc2cc1OC. The Morgan fingerprint density at radius 3 is 2.62 bits per heavy atom. The van der Waals surface area contributed by atoms with E-state index in [0.717, 1.165) is 0 Å². The van der Waals surface area contributed by atoms with Gasteiger partial charge in [-0.25, -0.2) is 4.79 Å². The lowest BCUT2D eigenvalue weighted by Crippen LogP contribution is -2.04. The number of halogens is 1. The van der Waals surface area contributed by atoms with Crippen LogP contribution in [0.3, 0.4) is 0 Å². The van der Waals surface area contributed by atoms with Gasteiger partial charge in [0.1, 0.15) is 28.5 Å². The Hall–Kier alpha value is -3.19. The number of rotatable bonds is 5. The smallest absolute Gasteiger partial charge is 0.341 e. The lowest BCUT2D eigenvalue weighted by atomic mass is 10.1. The highest BCUT2D eigenvalue weighted by Crippen LogP contribution is 2.36. The first-order valence-electron chi connectivity index (χ1n) is 7.43. The van der Waals surface area contributed by atoms with E-state index in [0.29, 0.717) is 28.2 Å². The van der Waals surface area contributed by atoms with E-state index in [2.05, 4.69) is 10.2 Å². The van der Waals surface area contributed by atoms with E-state index in [1.807, 2.05) is 0 Å². The molecule has 0 amide bonds. The number of aromatic nitrogens is 1. The number of hydrogen-bond acceptors (Lipinski definition) is 7. The predicted molar refractivity (Wildman–Crippen MR) is 96.6 cm³/mol. The molecule has 0 aliphatic rings. The molecule has 0 radical (unpaired) electrons. The summed E-state index contributed by atoms with van der Waals surface area (Å²) in [7, 11) is 2.74. The van der Waals surface area contributed by atoms with Crippen LogP contribution in [0, 0.1) is 4.91 Å². The molecule has 2 aromatic carbocycles. The van der Waals surface area contributed by atoms with Crippen LogP contribution in [-0.2, 0) is 4.74 Å². The first-order chi connectivity index (χ1) is 12.6. The Balaban J connectivity index is 2.11. The monoisotopic (exact) mass is 372 g/mol. The standard InChI is InChI=1S/C18H13ClN2O5/c1-24-17-9-14-11(8-12(17)18(22)25-2)16(5-6-20-14)26-10-3-4-13(19)15(7-10)21-23/h3-9H,1-2H3. The van der Waals surface area contributed by atoms with Crippen LogP contribution in [0.1, 0.15) is 10.4 Å². The molecule has 0 atom stereocenters. The second-order valence-electron chi connectivity index (χ2n) is 5.18. The first kappa shape index (κ1) is 17.6. The third-order valence-electron chi connectivity index (χ3n) is 3.67.